The molecule has 2 aromatic carbocycles. The lowest BCUT2D eigenvalue weighted by Crippen LogP contribution is -2.27. The Morgan fingerprint density at radius 3 is 2.64 bits per heavy atom. The molecule has 0 aliphatic rings. The molecule has 134 valence electrons. The number of amides is 1. The van der Waals surface area contributed by atoms with Gasteiger partial charge in [0.1, 0.15) is 5.75 Å². The van der Waals surface area contributed by atoms with Gasteiger partial charge in [0.2, 0.25) is 5.91 Å². The van der Waals surface area contributed by atoms with E-state index in [1.165, 1.54) is 17.8 Å². The van der Waals surface area contributed by atoms with E-state index in [4.69, 9.17) is 4.74 Å². The number of benzene rings is 2. The molecule has 0 unspecified atom stereocenters. The summed E-state index contributed by atoms with van der Waals surface area (Å²) in [5.41, 5.74) is 2.01. The van der Waals surface area contributed by atoms with Gasteiger partial charge in [-0.05, 0) is 38.1 Å². The molecule has 1 amide bonds. The van der Waals surface area contributed by atoms with Crippen molar-refractivity contribution in [1.82, 2.24) is 5.32 Å². The van der Waals surface area contributed by atoms with Crippen LogP contribution in [0.2, 0.25) is 0 Å². The monoisotopic (exact) mass is 365 g/mol. The Labute approximate surface area is 150 Å². The van der Waals surface area contributed by atoms with Crippen LogP contribution in [0, 0.1) is 18.6 Å². The number of halogens is 2. The Morgan fingerprint density at radius 1 is 1.20 bits per heavy atom. The van der Waals surface area contributed by atoms with E-state index in [1.54, 1.807) is 7.11 Å². The molecule has 0 aliphatic carbocycles. The van der Waals surface area contributed by atoms with Crippen LogP contribution in [0.3, 0.4) is 0 Å². The van der Waals surface area contributed by atoms with Crippen molar-refractivity contribution in [1.29, 1.82) is 0 Å². The zero-order valence-corrected chi connectivity index (χ0v) is 15.3. The molecule has 0 aliphatic heterocycles. The second-order valence-electron chi connectivity index (χ2n) is 5.71. The summed E-state index contributed by atoms with van der Waals surface area (Å²) in [5, 5.41) is 2.94. The third kappa shape index (κ3) is 5.46. The number of rotatable bonds is 7. The first-order chi connectivity index (χ1) is 11.9. The standard InChI is InChI=1S/C19H21F2NO2S/c1-12-4-7-18(24-3)15(10-12)13(2)22-19(23)8-9-25-14-5-6-16(20)17(21)11-14/h4-7,10-11,13H,8-9H2,1-3H3,(H,22,23)/t13-/m0/s1. The number of carbonyl (C=O) groups excluding carboxylic acids is 1. The third-order valence-electron chi connectivity index (χ3n) is 3.72. The quantitative estimate of drug-likeness (QED) is 0.727. The number of methoxy groups -OCH3 is 1. The molecule has 0 radical (unpaired) electrons. The van der Waals surface area contributed by atoms with E-state index in [1.807, 2.05) is 32.0 Å². The summed E-state index contributed by atoms with van der Waals surface area (Å²) in [4.78, 5) is 12.7. The van der Waals surface area contributed by atoms with Gasteiger partial charge in [-0.1, -0.05) is 17.7 Å². The molecular weight excluding hydrogens is 344 g/mol. The molecular formula is C19H21F2NO2S. The fourth-order valence-corrected chi connectivity index (χ4v) is 3.29. The Bertz CT molecular complexity index is 752. The number of ether oxygens (including phenoxy) is 1. The first kappa shape index (κ1) is 19.2. The molecule has 6 heteroatoms. The lowest BCUT2D eigenvalue weighted by Gasteiger charge is -2.18. The summed E-state index contributed by atoms with van der Waals surface area (Å²) in [6, 6.07) is 9.36. The van der Waals surface area contributed by atoms with Gasteiger partial charge < -0.3 is 10.1 Å². The van der Waals surface area contributed by atoms with E-state index >= 15 is 0 Å². The van der Waals surface area contributed by atoms with Crippen LogP contribution in [-0.2, 0) is 4.79 Å². The average molecular weight is 365 g/mol. The van der Waals surface area contributed by atoms with Crippen LogP contribution in [0.1, 0.15) is 30.5 Å². The Balaban J connectivity index is 1.87. The van der Waals surface area contributed by atoms with E-state index < -0.39 is 11.6 Å². The van der Waals surface area contributed by atoms with Gasteiger partial charge in [-0.3, -0.25) is 4.79 Å². The second-order valence-corrected chi connectivity index (χ2v) is 6.88. The zero-order valence-electron chi connectivity index (χ0n) is 14.4. The van der Waals surface area contributed by atoms with Crippen LogP contribution in [-0.4, -0.2) is 18.8 Å². The molecule has 1 atom stereocenters. The first-order valence-electron chi connectivity index (χ1n) is 7.92. The van der Waals surface area contributed by atoms with E-state index in [9.17, 15) is 13.6 Å². The summed E-state index contributed by atoms with van der Waals surface area (Å²) in [6.45, 7) is 3.88. The van der Waals surface area contributed by atoms with Gasteiger partial charge in [0.25, 0.3) is 0 Å². The number of carbonyl (C=O) groups is 1. The maximum Gasteiger partial charge on any atom is 0.221 e. The van der Waals surface area contributed by atoms with Crippen LogP contribution < -0.4 is 10.1 Å². The van der Waals surface area contributed by atoms with Crippen molar-refractivity contribution < 1.29 is 18.3 Å². The van der Waals surface area contributed by atoms with E-state index in [2.05, 4.69) is 5.32 Å². The molecule has 0 heterocycles. The summed E-state index contributed by atoms with van der Waals surface area (Å²) in [5.74, 6) is -0.646. The SMILES string of the molecule is COc1ccc(C)cc1[C@H](C)NC(=O)CCSc1ccc(F)c(F)c1. The molecule has 3 nitrogen and oxygen atoms in total. The Kier molecular flexibility index (Phi) is 6.82. The number of hydrogen-bond donors (Lipinski definition) is 1. The van der Waals surface area contributed by atoms with Gasteiger partial charge >= 0.3 is 0 Å². The van der Waals surface area contributed by atoms with Crippen molar-refractivity contribution in [2.75, 3.05) is 12.9 Å². The van der Waals surface area contributed by atoms with Crippen molar-refractivity contribution in [3.8, 4) is 5.75 Å². The minimum atomic E-state index is -0.880. The maximum atomic E-state index is 13.1. The summed E-state index contributed by atoms with van der Waals surface area (Å²) in [7, 11) is 1.60. The van der Waals surface area contributed by atoms with Gasteiger partial charge in [0.15, 0.2) is 11.6 Å². The molecule has 0 bridgehead atoms. The van der Waals surface area contributed by atoms with Crippen LogP contribution in [0.4, 0.5) is 8.78 Å². The van der Waals surface area contributed by atoms with Crippen molar-refractivity contribution >= 4 is 17.7 Å². The predicted molar refractivity (Wildman–Crippen MR) is 96.0 cm³/mol. The molecule has 0 saturated heterocycles. The predicted octanol–water partition coefficient (Wildman–Crippen LogP) is 4.64. The van der Waals surface area contributed by atoms with Crippen LogP contribution in [0.5, 0.6) is 5.75 Å². The second kappa shape index (κ2) is 8.85. The number of thioether (sulfide) groups is 1. The molecule has 0 saturated carbocycles. The van der Waals surface area contributed by atoms with Gasteiger partial charge in [0, 0.05) is 22.6 Å². The fraction of sp³-hybridized carbons (Fsp3) is 0.316. The molecule has 1 N–H and O–H groups in total. The molecule has 0 fully saturated rings. The van der Waals surface area contributed by atoms with Crippen molar-refractivity contribution in [3.63, 3.8) is 0 Å². The summed E-state index contributed by atoms with van der Waals surface area (Å²) < 4.78 is 31.4. The van der Waals surface area contributed by atoms with E-state index in [-0.39, 0.29) is 18.4 Å². The minimum absolute atomic E-state index is 0.105. The lowest BCUT2D eigenvalue weighted by molar-refractivity contribution is -0.121. The Morgan fingerprint density at radius 2 is 1.96 bits per heavy atom. The minimum Gasteiger partial charge on any atom is -0.496 e. The van der Waals surface area contributed by atoms with Gasteiger partial charge in [-0.2, -0.15) is 0 Å². The molecule has 25 heavy (non-hydrogen) atoms. The third-order valence-corrected chi connectivity index (χ3v) is 4.71. The molecule has 0 aromatic heterocycles. The highest BCUT2D eigenvalue weighted by Gasteiger charge is 2.14. The topological polar surface area (TPSA) is 38.3 Å². The van der Waals surface area contributed by atoms with Crippen LogP contribution >= 0.6 is 11.8 Å². The number of hydrogen-bond acceptors (Lipinski definition) is 3. The lowest BCUT2D eigenvalue weighted by atomic mass is 10.0. The van der Waals surface area contributed by atoms with E-state index in [0.29, 0.717) is 10.6 Å². The Hall–Kier alpha value is -2.08. The van der Waals surface area contributed by atoms with Gasteiger partial charge in [-0.15, -0.1) is 11.8 Å². The molecule has 0 spiro atoms. The number of nitrogens with one attached hydrogen (secondary N) is 1. The molecule has 2 rings (SSSR count). The number of aryl methyl sites for hydroxylation is 1. The van der Waals surface area contributed by atoms with Crippen molar-refractivity contribution in [2.24, 2.45) is 0 Å². The average Bonchev–Trinajstić information content (AvgIpc) is 2.58. The van der Waals surface area contributed by atoms with Crippen molar-refractivity contribution in [3.05, 3.63) is 59.2 Å². The maximum absolute atomic E-state index is 13.1. The van der Waals surface area contributed by atoms with Crippen LogP contribution in [0.15, 0.2) is 41.3 Å². The summed E-state index contributed by atoms with van der Waals surface area (Å²) in [6.07, 6.45) is 0.280. The zero-order chi connectivity index (χ0) is 18.4. The fourth-order valence-electron chi connectivity index (χ4n) is 2.41. The van der Waals surface area contributed by atoms with E-state index in [0.717, 1.165) is 29.0 Å². The summed E-state index contributed by atoms with van der Waals surface area (Å²) >= 11 is 1.31. The smallest absolute Gasteiger partial charge is 0.221 e. The normalized spacial score (nSPS) is 11.9. The molecule has 2 aromatic rings. The van der Waals surface area contributed by atoms with Gasteiger partial charge in [-0.25, -0.2) is 8.78 Å². The largest absolute Gasteiger partial charge is 0.496 e. The van der Waals surface area contributed by atoms with Crippen LogP contribution in [0.25, 0.3) is 0 Å². The van der Waals surface area contributed by atoms with Crippen molar-refractivity contribution in [2.45, 2.75) is 31.2 Å². The highest BCUT2D eigenvalue weighted by molar-refractivity contribution is 7.99. The van der Waals surface area contributed by atoms with Gasteiger partial charge in [0.05, 0.1) is 13.2 Å². The highest BCUT2D eigenvalue weighted by atomic mass is 32.2. The highest BCUT2D eigenvalue weighted by Crippen LogP contribution is 2.26. The first-order valence-corrected chi connectivity index (χ1v) is 8.91.